The van der Waals surface area contributed by atoms with Gasteiger partial charge in [-0.3, -0.25) is 14.6 Å². The van der Waals surface area contributed by atoms with Gasteiger partial charge in [-0.05, 0) is 25.7 Å². The summed E-state index contributed by atoms with van der Waals surface area (Å²) in [6.45, 7) is 3.74. The molecule has 0 radical (unpaired) electrons. The van der Waals surface area contributed by atoms with E-state index in [1.54, 1.807) is 20.2 Å². The fourth-order valence-corrected chi connectivity index (χ4v) is 2.89. The molecule has 0 spiro atoms. The van der Waals surface area contributed by atoms with Crippen molar-refractivity contribution in [2.45, 2.75) is 19.9 Å². The van der Waals surface area contributed by atoms with Crippen LogP contribution in [0.15, 0.2) is 30.5 Å². The molecule has 1 heterocycles. The van der Waals surface area contributed by atoms with Crippen molar-refractivity contribution >= 4 is 35.3 Å². The number of imide groups is 1. The molecule has 0 aliphatic carbocycles. The molecule has 0 saturated carbocycles. The number of hydrogen-bond acceptors (Lipinski definition) is 5. The van der Waals surface area contributed by atoms with Crippen LogP contribution < -0.4 is 10.2 Å². The number of imidazole rings is 1. The molecule has 0 bridgehead atoms. The van der Waals surface area contributed by atoms with E-state index in [9.17, 15) is 9.59 Å². The number of urea groups is 1. The van der Waals surface area contributed by atoms with E-state index < -0.39 is 6.03 Å². The maximum absolute atomic E-state index is 12.6. The molecule has 3 amide bonds. The zero-order valence-corrected chi connectivity index (χ0v) is 18.4. The molecule has 29 heavy (non-hydrogen) atoms. The first-order valence-corrected chi connectivity index (χ1v) is 9.85. The van der Waals surface area contributed by atoms with Gasteiger partial charge < -0.3 is 14.8 Å². The summed E-state index contributed by atoms with van der Waals surface area (Å²) in [5, 5.41) is 3.98. The summed E-state index contributed by atoms with van der Waals surface area (Å²) >= 11 is 6.32. The highest BCUT2D eigenvalue weighted by Crippen LogP contribution is 2.22. The van der Waals surface area contributed by atoms with Crippen molar-refractivity contribution in [1.82, 2.24) is 19.4 Å². The monoisotopic (exact) mass is 420 g/mol. The third-order valence-corrected chi connectivity index (χ3v) is 4.87. The molecular weight excluding hydrogens is 392 g/mol. The number of carbonyl (C=O) groups is 2. The number of aromatic nitrogens is 2. The van der Waals surface area contributed by atoms with Crippen LogP contribution in [0.5, 0.6) is 0 Å². The fraction of sp³-hybridized carbons (Fsp3) is 0.450. The average Bonchev–Trinajstić information content (AvgIpc) is 3.09. The molecule has 8 nitrogen and oxygen atoms in total. The van der Waals surface area contributed by atoms with Crippen molar-refractivity contribution in [1.29, 1.82) is 0 Å². The molecule has 2 rings (SSSR count). The lowest BCUT2D eigenvalue weighted by Gasteiger charge is -2.21. The molecule has 0 aliphatic rings. The van der Waals surface area contributed by atoms with Crippen LogP contribution in [0, 0.1) is 0 Å². The standard InChI is InChI=1S/C20H29ClN6O2/c1-6-18(28)26(5)20(29)25(4)17-14-27(13-15-9-7-8-10-16(15)21)19(23-17)22-11-12-24(2)3/h7-10,14H,6,11-13H2,1-5H3,(H,22,23). The minimum absolute atomic E-state index is 0.248. The number of rotatable bonds is 8. The minimum atomic E-state index is -0.431. The molecule has 9 heteroatoms. The van der Waals surface area contributed by atoms with Crippen molar-refractivity contribution in [3.05, 3.63) is 41.0 Å². The van der Waals surface area contributed by atoms with Gasteiger partial charge in [-0.15, -0.1) is 0 Å². The zero-order chi connectivity index (χ0) is 21.6. The average molecular weight is 421 g/mol. The van der Waals surface area contributed by atoms with Crippen molar-refractivity contribution in [2.24, 2.45) is 0 Å². The van der Waals surface area contributed by atoms with Crippen LogP contribution in [0.25, 0.3) is 0 Å². The van der Waals surface area contributed by atoms with E-state index in [1.807, 2.05) is 42.9 Å². The lowest BCUT2D eigenvalue weighted by molar-refractivity contribution is -0.126. The van der Waals surface area contributed by atoms with E-state index in [2.05, 4.69) is 15.2 Å². The van der Waals surface area contributed by atoms with Crippen molar-refractivity contribution in [3.8, 4) is 0 Å². The maximum Gasteiger partial charge on any atom is 0.331 e. The molecule has 0 unspecified atom stereocenters. The maximum atomic E-state index is 12.6. The first-order chi connectivity index (χ1) is 13.7. The number of amides is 3. The van der Waals surface area contributed by atoms with Crippen molar-refractivity contribution in [2.75, 3.05) is 51.5 Å². The summed E-state index contributed by atoms with van der Waals surface area (Å²) in [5.74, 6) is 0.831. The number of halogens is 1. The number of likely N-dealkylation sites (N-methyl/N-ethyl adjacent to an activating group) is 1. The third-order valence-electron chi connectivity index (χ3n) is 4.50. The lowest BCUT2D eigenvalue weighted by atomic mass is 10.2. The normalized spacial score (nSPS) is 10.9. The van der Waals surface area contributed by atoms with Crippen LogP contribution in [0.1, 0.15) is 18.9 Å². The van der Waals surface area contributed by atoms with Gasteiger partial charge in [-0.2, -0.15) is 4.98 Å². The Morgan fingerprint density at radius 1 is 1.17 bits per heavy atom. The Kier molecular flexibility index (Phi) is 8.04. The Balaban J connectivity index is 2.28. The second kappa shape index (κ2) is 10.3. The number of anilines is 2. The van der Waals surface area contributed by atoms with Gasteiger partial charge in [0.25, 0.3) is 0 Å². The molecule has 0 atom stereocenters. The van der Waals surface area contributed by atoms with E-state index in [0.29, 0.717) is 29.9 Å². The van der Waals surface area contributed by atoms with E-state index in [-0.39, 0.29) is 12.3 Å². The molecule has 0 aliphatic heterocycles. The van der Waals surface area contributed by atoms with Crippen LogP contribution in [0.2, 0.25) is 5.02 Å². The second-order valence-corrected chi connectivity index (χ2v) is 7.43. The predicted octanol–water partition coefficient (Wildman–Crippen LogP) is 2.98. The van der Waals surface area contributed by atoms with Gasteiger partial charge in [-0.25, -0.2) is 4.79 Å². The molecule has 158 valence electrons. The summed E-state index contributed by atoms with van der Waals surface area (Å²) in [4.78, 5) is 33.6. The van der Waals surface area contributed by atoms with E-state index in [0.717, 1.165) is 17.0 Å². The SMILES string of the molecule is CCC(=O)N(C)C(=O)N(C)c1cn(Cc2ccccc2Cl)c(NCCN(C)C)n1. The second-order valence-electron chi connectivity index (χ2n) is 7.02. The van der Waals surface area contributed by atoms with Gasteiger partial charge in [0.05, 0.1) is 12.7 Å². The Labute approximate surface area is 177 Å². The fourth-order valence-electron chi connectivity index (χ4n) is 2.69. The van der Waals surface area contributed by atoms with Crippen molar-refractivity contribution < 1.29 is 9.59 Å². The molecule has 0 saturated heterocycles. The summed E-state index contributed by atoms with van der Waals surface area (Å²) in [5.41, 5.74) is 0.945. The number of nitrogens with zero attached hydrogens (tertiary/aromatic N) is 5. The van der Waals surface area contributed by atoms with Gasteiger partial charge in [0.1, 0.15) is 0 Å². The van der Waals surface area contributed by atoms with E-state index >= 15 is 0 Å². The predicted molar refractivity (Wildman–Crippen MR) is 117 cm³/mol. The van der Waals surface area contributed by atoms with Gasteiger partial charge in [0, 0.05) is 38.6 Å². The number of carbonyl (C=O) groups excluding carboxylic acids is 2. The van der Waals surface area contributed by atoms with Gasteiger partial charge in [0.15, 0.2) is 5.82 Å². The zero-order valence-electron chi connectivity index (χ0n) is 17.6. The Morgan fingerprint density at radius 2 is 1.86 bits per heavy atom. The molecule has 1 aromatic heterocycles. The van der Waals surface area contributed by atoms with Crippen LogP contribution in [0.4, 0.5) is 16.6 Å². The quantitative estimate of drug-likeness (QED) is 0.710. The highest BCUT2D eigenvalue weighted by Gasteiger charge is 2.23. The Bertz CT molecular complexity index is 851. The van der Waals surface area contributed by atoms with E-state index in [1.165, 1.54) is 11.9 Å². The molecule has 2 aromatic rings. The number of nitrogens with one attached hydrogen (secondary N) is 1. The molecule has 1 N–H and O–H groups in total. The smallest absolute Gasteiger partial charge is 0.331 e. The highest BCUT2D eigenvalue weighted by molar-refractivity contribution is 6.31. The summed E-state index contributed by atoms with van der Waals surface area (Å²) in [6, 6.07) is 7.18. The van der Waals surface area contributed by atoms with Crippen LogP contribution in [-0.4, -0.2) is 72.6 Å². The first kappa shape index (κ1) is 22.7. The summed E-state index contributed by atoms with van der Waals surface area (Å²) < 4.78 is 1.91. The van der Waals surface area contributed by atoms with Gasteiger partial charge in [0.2, 0.25) is 11.9 Å². The molecular formula is C20H29ClN6O2. The topological polar surface area (TPSA) is 73.7 Å². The van der Waals surface area contributed by atoms with Crippen LogP contribution in [0.3, 0.4) is 0 Å². The first-order valence-electron chi connectivity index (χ1n) is 9.48. The largest absolute Gasteiger partial charge is 0.354 e. The van der Waals surface area contributed by atoms with Gasteiger partial charge in [-0.1, -0.05) is 36.7 Å². The Hall–Kier alpha value is -2.58. The lowest BCUT2D eigenvalue weighted by Crippen LogP contribution is -2.42. The number of hydrogen-bond donors (Lipinski definition) is 1. The van der Waals surface area contributed by atoms with Crippen LogP contribution >= 0.6 is 11.6 Å². The van der Waals surface area contributed by atoms with Gasteiger partial charge >= 0.3 is 6.03 Å². The van der Waals surface area contributed by atoms with Crippen molar-refractivity contribution in [3.63, 3.8) is 0 Å². The van der Waals surface area contributed by atoms with E-state index in [4.69, 9.17) is 11.6 Å². The highest BCUT2D eigenvalue weighted by atomic mass is 35.5. The third kappa shape index (κ3) is 5.95. The molecule has 0 fully saturated rings. The number of benzene rings is 1. The summed E-state index contributed by atoms with van der Waals surface area (Å²) in [7, 11) is 7.07. The molecule has 1 aromatic carbocycles. The Morgan fingerprint density at radius 3 is 2.48 bits per heavy atom. The summed E-state index contributed by atoms with van der Waals surface area (Å²) in [6.07, 6.45) is 2.04. The minimum Gasteiger partial charge on any atom is -0.354 e. The van der Waals surface area contributed by atoms with Crippen LogP contribution in [-0.2, 0) is 11.3 Å².